The zero-order valence-corrected chi connectivity index (χ0v) is 12.0. The summed E-state index contributed by atoms with van der Waals surface area (Å²) in [7, 11) is 0. The Bertz CT molecular complexity index is 514. The number of nitrogens with zero attached hydrogens (tertiary/aromatic N) is 3. The number of rotatable bonds is 5. The second kappa shape index (κ2) is 5.97. The molecule has 0 aliphatic rings. The standard InChI is InChI=1S/C15H21N3O/c1-11(2)18-9-15(16-17-18)14-7-5-13(6-8-14)10-19-12(3)4/h5-9,11-12H,10H2,1-4H3. The van der Waals surface area contributed by atoms with Gasteiger partial charge in [-0.1, -0.05) is 29.5 Å². The Morgan fingerprint density at radius 3 is 2.32 bits per heavy atom. The summed E-state index contributed by atoms with van der Waals surface area (Å²) in [4.78, 5) is 0. The summed E-state index contributed by atoms with van der Waals surface area (Å²) in [5.74, 6) is 0. The van der Waals surface area contributed by atoms with Crippen LogP contribution in [0.5, 0.6) is 0 Å². The molecule has 0 aliphatic heterocycles. The van der Waals surface area contributed by atoms with Crippen molar-refractivity contribution in [2.45, 2.75) is 46.4 Å². The van der Waals surface area contributed by atoms with Crippen molar-refractivity contribution in [1.29, 1.82) is 0 Å². The van der Waals surface area contributed by atoms with Crippen molar-refractivity contribution in [2.24, 2.45) is 0 Å². The van der Waals surface area contributed by atoms with Crippen LogP contribution in [0.1, 0.15) is 39.3 Å². The molecule has 2 rings (SSSR count). The molecule has 19 heavy (non-hydrogen) atoms. The number of hydrogen-bond acceptors (Lipinski definition) is 3. The topological polar surface area (TPSA) is 39.9 Å². The molecule has 0 bridgehead atoms. The largest absolute Gasteiger partial charge is 0.374 e. The Labute approximate surface area is 114 Å². The minimum Gasteiger partial charge on any atom is -0.374 e. The number of ether oxygens (including phenoxy) is 1. The highest BCUT2D eigenvalue weighted by Gasteiger charge is 2.06. The molecule has 0 saturated heterocycles. The Hall–Kier alpha value is -1.68. The van der Waals surface area contributed by atoms with Gasteiger partial charge in [0.1, 0.15) is 5.69 Å². The molecule has 1 aromatic carbocycles. The van der Waals surface area contributed by atoms with Crippen LogP contribution in [-0.2, 0) is 11.3 Å². The van der Waals surface area contributed by atoms with Crippen LogP contribution in [0, 0.1) is 0 Å². The van der Waals surface area contributed by atoms with E-state index in [1.54, 1.807) is 0 Å². The van der Waals surface area contributed by atoms with Crippen LogP contribution in [0.3, 0.4) is 0 Å². The van der Waals surface area contributed by atoms with Crippen molar-refractivity contribution in [1.82, 2.24) is 15.0 Å². The first-order valence-corrected chi connectivity index (χ1v) is 6.69. The van der Waals surface area contributed by atoms with Crippen LogP contribution in [0.15, 0.2) is 30.5 Å². The molecule has 0 radical (unpaired) electrons. The summed E-state index contributed by atoms with van der Waals surface area (Å²) in [5, 5.41) is 8.31. The van der Waals surface area contributed by atoms with Gasteiger partial charge >= 0.3 is 0 Å². The zero-order chi connectivity index (χ0) is 13.8. The molecule has 0 atom stereocenters. The van der Waals surface area contributed by atoms with E-state index in [0.29, 0.717) is 12.6 Å². The average Bonchev–Trinajstić information content (AvgIpc) is 2.86. The molecule has 0 N–H and O–H groups in total. The summed E-state index contributed by atoms with van der Waals surface area (Å²) < 4.78 is 7.44. The fourth-order valence-electron chi connectivity index (χ4n) is 1.70. The third kappa shape index (κ3) is 3.64. The Balaban J connectivity index is 2.08. The Morgan fingerprint density at radius 2 is 1.79 bits per heavy atom. The molecule has 0 amide bonds. The van der Waals surface area contributed by atoms with Crippen molar-refractivity contribution in [3.05, 3.63) is 36.0 Å². The molecular weight excluding hydrogens is 238 g/mol. The van der Waals surface area contributed by atoms with Gasteiger partial charge in [0.05, 0.1) is 18.9 Å². The van der Waals surface area contributed by atoms with Crippen molar-refractivity contribution >= 4 is 0 Å². The smallest absolute Gasteiger partial charge is 0.113 e. The summed E-state index contributed by atoms with van der Waals surface area (Å²) in [6.07, 6.45) is 2.23. The minimum absolute atomic E-state index is 0.255. The highest BCUT2D eigenvalue weighted by atomic mass is 16.5. The summed E-state index contributed by atoms with van der Waals surface area (Å²) in [6.45, 7) is 8.91. The normalized spacial score (nSPS) is 11.5. The van der Waals surface area contributed by atoms with Crippen LogP contribution in [0.2, 0.25) is 0 Å². The molecule has 1 heterocycles. The zero-order valence-electron chi connectivity index (χ0n) is 12.0. The highest BCUT2D eigenvalue weighted by molar-refractivity contribution is 5.57. The van der Waals surface area contributed by atoms with Crippen LogP contribution in [-0.4, -0.2) is 21.1 Å². The van der Waals surface area contributed by atoms with Crippen molar-refractivity contribution in [3.8, 4) is 11.3 Å². The molecule has 0 unspecified atom stereocenters. The number of aromatic nitrogens is 3. The van der Waals surface area contributed by atoms with E-state index in [-0.39, 0.29) is 6.10 Å². The van der Waals surface area contributed by atoms with Gasteiger partial charge in [0, 0.05) is 11.6 Å². The van der Waals surface area contributed by atoms with Crippen LogP contribution in [0.4, 0.5) is 0 Å². The van der Waals surface area contributed by atoms with Gasteiger partial charge in [-0.25, -0.2) is 4.68 Å². The van der Waals surface area contributed by atoms with Crippen LogP contribution in [0.25, 0.3) is 11.3 Å². The maximum Gasteiger partial charge on any atom is 0.113 e. The van der Waals surface area contributed by atoms with E-state index in [0.717, 1.165) is 11.3 Å². The van der Waals surface area contributed by atoms with Gasteiger partial charge in [0.25, 0.3) is 0 Å². The molecule has 102 valence electrons. The van der Waals surface area contributed by atoms with Gasteiger partial charge in [-0.05, 0) is 33.3 Å². The molecule has 0 fully saturated rings. The maximum absolute atomic E-state index is 5.58. The van der Waals surface area contributed by atoms with Gasteiger partial charge in [-0.2, -0.15) is 0 Å². The molecule has 0 aliphatic carbocycles. The van der Waals surface area contributed by atoms with Crippen molar-refractivity contribution < 1.29 is 4.74 Å². The lowest BCUT2D eigenvalue weighted by Gasteiger charge is -2.07. The fourth-order valence-corrected chi connectivity index (χ4v) is 1.70. The Kier molecular flexibility index (Phi) is 4.32. The van der Waals surface area contributed by atoms with E-state index in [1.807, 2.05) is 24.7 Å². The Morgan fingerprint density at radius 1 is 1.11 bits per heavy atom. The van der Waals surface area contributed by atoms with E-state index in [1.165, 1.54) is 5.56 Å². The summed E-state index contributed by atoms with van der Waals surface area (Å²) >= 11 is 0. The third-order valence-corrected chi connectivity index (χ3v) is 2.87. The van der Waals surface area contributed by atoms with E-state index >= 15 is 0 Å². The van der Waals surface area contributed by atoms with Crippen molar-refractivity contribution in [3.63, 3.8) is 0 Å². The first-order chi connectivity index (χ1) is 9.06. The molecule has 4 heteroatoms. The van der Waals surface area contributed by atoms with Gasteiger partial charge < -0.3 is 4.74 Å². The molecular formula is C15H21N3O. The van der Waals surface area contributed by atoms with Gasteiger partial charge in [0.2, 0.25) is 0 Å². The molecule has 2 aromatic rings. The number of benzene rings is 1. The predicted octanol–water partition coefficient (Wildman–Crippen LogP) is 3.45. The van der Waals surface area contributed by atoms with Crippen LogP contribution < -0.4 is 0 Å². The SMILES string of the molecule is CC(C)OCc1ccc(-c2cn(C(C)C)nn2)cc1. The van der Waals surface area contributed by atoms with E-state index in [2.05, 4.69) is 48.4 Å². The number of hydrogen-bond donors (Lipinski definition) is 0. The molecule has 0 spiro atoms. The first-order valence-electron chi connectivity index (χ1n) is 6.69. The first kappa shape index (κ1) is 13.7. The van der Waals surface area contributed by atoms with Crippen LogP contribution >= 0.6 is 0 Å². The summed E-state index contributed by atoms with van der Waals surface area (Å²) in [5.41, 5.74) is 3.17. The quantitative estimate of drug-likeness (QED) is 0.825. The molecule has 0 saturated carbocycles. The molecule has 4 nitrogen and oxygen atoms in total. The lowest BCUT2D eigenvalue weighted by Crippen LogP contribution is -2.01. The van der Waals surface area contributed by atoms with E-state index in [4.69, 9.17) is 4.74 Å². The maximum atomic E-state index is 5.58. The average molecular weight is 259 g/mol. The van der Waals surface area contributed by atoms with Gasteiger partial charge in [0.15, 0.2) is 0 Å². The van der Waals surface area contributed by atoms with Gasteiger partial charge in [-0.3, -0.25) is 0 Å². The molecule has 1 aromatic heterocycles. The second-order valence-electron chi connectivity index (χ2n) is 5.23. The monoisotopic (exact) mass is 259 g/mol. The predicted molar refractivity (Wildman–Crippen MR) is 75.8 cm³/mol. The fraction of sp³-hybridized carbons (Fsp3) is 0.467. The van der Waals surface area contributed by atoms with E-state index < -0.39 is 0 Å². The highest BCUT2D eigenvalue weighted by Crippen LogP contribution is 2.18. The van der Waals surface area contributed by atoms with E-state index in [9.17, 15) is 0 Å². The minimum atomic E-state index is 0.255. The van der Waals surface area contributed by atoms with Crippen molar-refractivity contribution in [2.75, 3.05) is 0 Å². The van der Waals surface area contributed by atoms with Gasteiger partial charge in [-0.15, -0.1) is 5.10 Å². The lowest BCUT2D eigenvalue weighted by molar-refractivity contribution is 0.0657. The second-order valence-corrected chi connectivity index (χ2v) is 5.23. The lowest BCUT2D eigenvalue weighted by atomic mass is 10.1. The summed E-state index contributed by atoms with van der Waals surface area (Å²) in [6, 6.07) is 8.61. The third-order valence-electron chi connectivity index (χ3n) is 2.87.